The van der Waals surface area contributed by atoms with Gasteiger partial charge in [-0.3, -0.25) is 4.90 Å². The second-order valence-corrected chi connectivity index (χ2v) is 9.28. The van der Waals surface area contributed by atoms with Crippen molar-refractivity contribution in [3.05, 3.63) is 71.7 Å². The van der Waals surface area contributed by atoms with Gasteiger partial charge >= 0.3 is 0 Å². The second-order valence-electron chi connectivity index (χ2n) is 9.28. The van der Waals surface area contributed by atoms with E-state index in [1.165, 1.54) is 12.1 Å². The summed E-state index contributed by atoms with van der Waals surface area (Å²) >= 11 is 0. The molecular formula is C27H36FN3O3. The monoisotopic (exact) mass is 469 g/mol. The molecule has 0 fully saturated rings. The van der Waals surface area contributed by atoms with Gasteiger partial charge in [0, 0.05) is 31.8 Å². The molecule has 34 heavy (non-hydrogen) atoms. The summed E-state index contributed by atoms with van der Waals surface area (Å²) in [7, 11) is 0. The molecule has 0 saturated carbocycles. The quantitative estimate of drug-likeness (QED) is 0.387. The summed E-state index contributed by atoms with van der Waals surface area (Å²) in [6.45, 7) is 12.2. The van der Waals surface area contributed by atoms with Crippen LogP contribution in [-0.2, 0) is 11.3 Å². The Hall–Kier alpha value is -2.74. The lowest BCUT2D eigenvalue weighted by atomic mass is 10.2. The van der Waals surface area contributed by atoms with Crippen LogP contribution in [0.2, 0.25) is 0 Å². The van der Waals surface area contributed by atoms with Crippen molar-refractivity contribution in [3.63, 3.8) is 0 Å². The third kappa shape index (κ3) is 7.13. The highest BCUT2D eigenvalue weighted by Gasteiger charge is 2.24. The Bertz CT molecular complexity index is 1040. The van der Waals surface area contributed by atoms with E-state index in [1.807, 2.05) is 37.3 Å². The van der Waals surface area contributed by atoms with Gasteiger partial charge in [0.1, 0.15) is 11.6 Å². The van der Waals surface area contributed by atoms with Crippen molar-refractivity contribution < 1.29 is 19.0 Å². The SMILES string of the molecule is Cc1nn(-c2ccccc2)c(Oc2cccc(F)c2)c1CN(C[C@@H](O)COCC(C)C)C(C)C. The Morgan fingerprint density at radius 1 is 1.03 bits per heavy atom. The van der Waals surface area contributed by atoms with Gasteiger partial charge in [0.15, 0.2) is 0 Å². The van der Waals surface area contributed by atoms with Crippen molar-refractivity contribution in [2.24, 2.45) is 5.92 Å². The first kappa shape index (κ1) is 25.9. The van der Waals surface area contributed by atoms with Crippen LogP contribution in [0.4, 0.5) is 4.39 Å². The van der Waals surface area contributed by atoms with Crippen molar-refractivity contribution >= 4 is 0 Å². The van der Waals surface area contributed by atoms with E-state index in [9.17, 15) is 9.50 Å². The number of aromatic nitrogens is 2. The first-order valence-electron chi connectivity index (χ1n) is 11.8. The fourth-order valence-electron chi connectivity index (χ4n) is 3.64. The summed E-state index contributed by atoms with van der Waals surface area (Å²) < 4.78 is 27.5. The number of nitrogens with zero attached hydrogens (tertiary/aromatic N) is 3. The topological polar surface area (TPSA) is 59.8 Å². The lowest BCUT2D eigenvalue weighted by Crippen LogP contribution is -2.39. The van der Waals surface area contributed by atoms with Gasteiger partial charge in [-0.25, -0.2) is 9.07 Å². The zero-order chi connectivity index (χ0) is 24.7. The average Bonchev–Trinajstić information content (AvgIpc) is 3.08. The van der Waals surface area contributed by atoms with E-state index >= 15 is 0 Å². The van der Waals surface area contributed by atoms with Crippen molar-refractivity contribution in [2.45, 2.75) is 53.3 Å². The van der Waals surface area contributed by atoms with Crippen LogP contribution >= 0.6 is 0 Å². The number of rotatable bonds is 12. The van der Waals surface area contributed by atoms with E-state index < -0.39 is 6.10 Å². The molecule has 1 N–H and O–H groups in total. The predicted molar refractivity (Wildman–Crippen MR) is 132 cm³/mol. The number of hydrogen-bond donors (Lipinski definition) is 1. The summed E-state index contributed by atoms with van der Waals surface area (Å²) in [6.07, 6.45) is -0.613. The molecule has 0 bridgehead atoms. The molecular weight excluding hydrogens is 433 g/mol. The number of para-hydroxylation sites is 1. The number of hydrogen-bond acceptors (Lipinski definition) is 5. The van der Waals surface area contributed by atoms with E-state index in [0.717, 1.165) is 16.9 Å². The summed E-state index contributed by atoms with van der Waals surface area (Å²) in [6, 6.07) is 16.0. The molecule has 0 spiro atoms. The summed E-state index contributed by atoms with van der Waals surface area (Å²) in [5.74, 6) is 0.985. The number of ether oxygens (including phenoxy) is 2. The third-order valence-corrected chi connectivity index (χ3v) is 5.45. The molecule has 3 aromatic rings. The molecule has 0 amide bonds. The van der Waals surface area contributed by atoms with Crippen LogP contribution < -0.4 is 4.74 Å². The number of halogens is 1. The van der Waals surface area contributed by atoms with E-state index in [4.69, 9.17) is 14.6 Å². The highest BCUT2D eigenvalue weighted by atomic mass is 19.1. The largest absolute Gasteiger partial charge is 0.438 e. The van der Waals surface area contributed by atoms with Crippen LogP contribution in [0.5, 0.6) is 11.6 Å². The average molecular weight is 470 g/mol. The van der Waals surface area contributed by atoms with Gasteiger partial charge in [0.25, 0.3) is 0 Å². The molecule has 1 heterocycles. The van der Waals surface area contributed by atoms with Gasteiger partial charge in [-0.15, -0.1) is 0 Å². The Kier molecular flexibility index (Phi) is 9.21. The van der Waals surface area contributed by atoms with Crippen molar-refractivity contribution in [1.29, 1.82) is 0 Å². The first-order valence-corrected chi connectivity index (χ1v) is 11.8. The van der Waals surface area contributed by atoms with Gasteiger partial charge in [0.2, 0.25) is 5.88 Å². The van der Waals surface area contributed by atoms with E-state index in [1.54, 1.807) is 16.8 Å². The molecule has 2 aromatic carbocycles. The van der Waals surface area contributed by atoms with Gasteiger partial charge < -0.3 is 14.6 Å². The van der Waals surface area contributed by atoms with Gasteiger partial charge in [-0.05, 0) is 51.0 Å². The molecule has 0 aliphatic carbocycles. The van der Waals surface area contributed by atoms with Crippen molar-refractivity contribution in [1.82, 2.24) is 14.7 Å². The lowest BCUT2D eigenvalue weighted by Gasteiger charge is -2.29. The molecule has 1 atom stereocenters. The van der Waals surface area contributed by atoms with Gasteiger partial charge in [0.05, 0.1) is 29.7 Å². The van der Waals surface area contributed by atoms with Crippen LogP contribution in [0, 0.1) is 18.7 Å². The fraction of sp³-hybridized carbons (Fsp3) is 0.444. The third-order valence-electron chi connectivity index (χ3n) is 5.45. The molecule has 6 nitrogen and oxygen atoms in total. The number of benzene rings is 2. The number of aryl methyl sites for hydroxylation is 1. The highest BCUT2D eigenvalue weighted by Crippen LogP contribution is 2.32. The molecule has 3 rings (SSSR count). The zero-order valence-electron chi connectivity index (χ0n) is 20.7. The molecule has 0 aliphatic heterocycles. The standard InChI is InChI=1S/C27H36FN3O3/c1-19(2)17-33-18-24(32)15-30(20(3)4)16-26-21(5)29-31(23-11-7-6-8-12-23)27(26)34-25-13-9-10-22(28)14-25/h6-14,19-20,24,32H,15-18H2,1-5H3/t24-/m1/s1. The predicted octanol–water partition coefficient (Wildman–Crippen LogP) is 5.36. The fourth-order valence-corrected chi connectivity index (χ4v) is 3.64. The smallest absolute Gasteiger partial charge is 0.227 e. The lowest BCUT2D eigenvalue weighted by molar-refractivity contribution is 0.00161. The molecule has 0 saturated heterocycles. The molecule has 0 aliphatic rings. The van der Waals surface area contributed by atoms with Gasteiger partial charge in [-0.2, -0.15) is 5.10 Å². The summed E-state index contributed by atoms with van der Waals surface area (Å²) in [4.78, 5) is 2.17. The Morgan fingerprint density at radius 3 is 2.41 bits per heavy atom. The van der Waals surface area contributed by atoms with Crippen LogP contribution in [0.15, 0.2) is 54.6 Å². The molecule has 0 unspecified atom stereocenters. The Balaban J connectivity index is 1.90. The minimum Gasteiger partial charge on any atom is -0.438 e. The molecule has 0 radical (unpaired) electrons. The van der Waals surface area contributed by atoms with Gasteiger partial charge in [-0.1, -0.05) is 38.1 Å². The van der Waals surface area contributed by atoms with Crippen LogP contribution in [0.1, 0.15) is 39.0 Å². The zero-order valence-corrected chi connectivity index (χ0v) is 20.7. The second kappa shape index (κ2) is 12.1. The maximum absolute atomic E-state index is 13.9. The number of aliphatic hydroxyl groups excluding tert-OH is 1. The van der Waals surface area contributed by atoms with Crippen LogP contribution in [-0.4, -0.2) is 51.7 Å². The van der Waals surface area contributed by atoms with E-state index in [-0.39, 0.29) is 18.5 Å². The van der Waals surface area contributed by atoms with E-state index in [2.05, 4.69) is 32.6 Å². The normalized spacial score (nSPS) is 12.6. The highest BCUT2D eigenvalue weighted by molar-refractivity contribution is 5.43. The van der Waals surface area contributed by atoms with E-state index in [0.29, 0.717) is 37.2 Å². The first-order chi connectivity index (χ1) is 16.2. The van der Waals surface area contributed by atoms with Crippen molar-refractivity contribution in [3.8, 4) is 17.3 Å². The van der Waals surface area contributed by atoms with Crippen molar-refractivity contribution in [2.75, 3.05) is 19.8 Å². The van der Waals surface area contributed by atoms with Crippen LogP contribution in [0.3, 0.4) is 0 Å². The summed E-state index contributed by atoms with van der Waals surface area (Å²) in [5, 5.41) is 15.3. The Morgan fingerprint density at radius 2 is 1.76 bits per heavy atom. The maximum atomic E-state index is 13.9. The number of aliphatic hydroxyl groups is 1. The molecule has 7 heteroatoms. The van der Waals surface area contributed by atoms with Crippen LogP contribution in [0.25, 0.3) is 5.69 Å². The minimum atomic E-state index is -0.613. The molecule has 184 valence electrons. The minimum absolute atomic E-state index is 0.168. The maximum Gasteiger partial charge on any atom is 0.227 e. The summed E-state index contributed by atoms with van der Waals surface area (Å²) in [5.41, 5.74) is 2.55. The molecule has 1 aromatic heterocycles. The Labute approximate surface area is 201 Å².